The molecule has 0 radical (unpaired) electrons. The van der Waals surface area contributed by atoms with Crippen LogP contribution < -0.4 is 10.0 Å². The van der Waals surface area contributed by atoms with Crippen molar-refractivity contribution in [2.75, 3.05) is 10.0 Å². The molecular formula is C16H14N8O2S. The molecule has 2 N–H and O–H groups in total. The Labute approximate surface area is 153 Å². The van der Waals surface area contributed by atoms with Crippen molar-refractivity contribution >= 4 is 33.0 Å². The minimum atomic E-state index is -3.28. The van der Waals surface area contributed by atoms with E-state index in [1.54, 1.807) is 46.0 Å². The van der Waals surface area contributed by atoms with E-state index in [1.807, 2.05) is 13.2 Å². The Morgan fingerprint density at radius 3 is 3.00 bits per heavy atom. The zero-order valence-corrected chi connectivity index (χ0v) is 15.0. The predicted molar refractivity (Wildman–Crippen MR) is 99.0 cm³/mol. The SMILES string of the molecule is Cn1cc(-c2nccn3nc(Nc4ccc5c(c4)NS(=O)(=O)C5)nc23)cn1. The fourth-order valence-electron chi connectivity index (χ4n) is 3.03. The number of hydrogen-bond donors (Lipinski definition) is 2. The first-order chi connectivity index (χ1) is 13.0. The second-order valence-corrected chi connectivity index (χ2v) is 7.96. The Bertz CT molecular complexity index is 1290. The van der Waals surface area contributed by atoms with Crippen LogP contribution in [-0.4, -0.2) is 37.8 Å². The first-order valence-corrected chi connectivity index (χ1v) is 9.73. The lowest BCUT2D eigenvalue weighted by Crippen LogP contribution is -2.05. The summed E-state index contributed by atoms with van der Waals surface area (Å²) in [6.45, 7) is 0. The van der Waals surface area contributed by atoms with Crippen LogP contribution in [0.5, 0.6) is 0 Å². The van der Waals surface area contributed by atoms with Gasteiger partial charge in [-0.15, -0.1) is 5.10 Å². The predicted octanol–water partition coefficient (Wildman–Crippen LogP) is 1.52. The molecule has 27 heavy (non-hydrogen) atoms. The van der Waals surface area contributed by atoms with Gasteiger partial charge < -0.3 is 5.32 Å². The van der Waals surface area contributed by atoms with Crippen molar-refractivity contribution in [1.29, 1.82) is 0 Å². The third kappa shape index (κ3) is 2.77. The summed E-state index contributed by atoms with van der Waals surface area (Å²) in [5.74, 6) is 0.379. The van der Waals surface area contributed by atoms with Crippen molar-refractivity contribution in [1.82, 2.24) is 29.4 Å². The lowest BCUT2D eigenvalue weighted by Gasteiger charge is -2.04. The molecule has 3 aromatic heterocycles. The summed E-state index contributed by atoms with van der Waals surface area (Å²) in [5, 5.41) is 11.7. The molecule has 5 rings (SSSR count). The standard InChI is InChI=1S/C16H14N8O2S/c1-23-8-11(7-18-23)14-15-20-16(21-24(15)5-4-17-14)19-12-3-2-10-9-27(25,26)22-13(10)6-12/h2-8,22H,9H2,1H3,(H,19,21). The molecule has 0 fully saturated rings. The summed E-state index contributed by atoms with van der Waals surface area (Å²) in [6.07, 6.45) is 6.94. The first-order valence-electron chi connectivity index (χ1n) is 8.08. The molecule has 0 spiro atoms. The Morgan fingerprint density at radius 1 is 1.30 bits per heavy atom. The molecular weight excluding hydrogens is 368 g/mol. The number of aryl methyl sites for hydroxylation is 1. The van der Waals surface area contributed by atoms with E-state index in [1.165, 1.54) is 0 Å². The average Bonchev–Trinajstić information content (AvgIpc) is 3.29. The molecule has 1 aliphatic rings. The monoisotopic (exact) mass is 382 g/mol. The lowest BCUT2D eigenvalue weighted by atomic mass is 10.2. The molecule has 0 aliphatic carbocycles. The van der Waals surface area contributed by atoms with Gasteiger partial charge in [-0.05, 0) is 17.7 Å². The maximum absolute atomic E-state index is 11.7. The molecule has 11 heteroatoms. The molecule has 0 atom stereocenters. The molecule has 0 saturated heterocycles. The smallest absolute Gasteiger partial charge is 0.247 e. The molecule has 4 aromatic rings. The van der Waals surface area contributed by atoms with Crippen molar-refractivity contribution in [2.24, 2.45) is 7.05 Å². The van der Waals surface area contributed by atoms with Crippen LogP contribution >= 0.6 is 0 Å². The second kappa shape index (κ2) is 5.51. The van der Waals surface area contributed by atoms with E-state index in [-0.39, 0.29) is 5.75 Å². The van der Waals surface area contributed by atoms with Crippen LogP contribution in [0.1, 0.15) is 5.56 Å². The van der Waals surface area contributed by atoms with E-state index in [9.17, 15) is 8.42 Å². The molecule has 0 amide bonds. The molecule has 1 aromatic carbocycles. The zero-order chi connectivity index (χ0) is 18.6. The minimum absolute atomic E-state index is 0.00459. The van der Waals surface area contributed by atoms with Gasteiger partial charge in [0.1, 0.15) is 5.69 Å². The van der Waals surface area contributed by atoms with E-state index in [0.29, 0.717) is 28.7 Å². The highest BCUT2D eigenvalue weighted by Crippen LogP contribution is 2.30. The minimum Gasteiger partial charge on any atom is -0.323 e. The number of hydrogen-bond acceptors (Lipinski definition) is 7. The van der Waals surface area contributed by atoms with Crippen molar-refractivity contribution < 1.29 is 8.42 Å². The normalized spacial score (nSPS) is 14.9. The van der Waals surface area contributed by atoms with Crippen molar-refractivity contribution in [2.45, 2.75) is 5.75 Å². The highest BCUT2D eigenvalue weighted by molar-refractivity contribution is 7.92. The topological polar surface area (TPSA) is 119 Å². The van der Waals surface area contributed by atoms with Crippen molar-refractivity contribution in [3.05, 3.63) is 48.5 Å². The number of nitrogens with one attached hydrogen (secondary N) is 2. The fourth-order valence-corrected chi connectivity index (χ4v) is 4.29. The maximum Gasteiger partial charge on any atom is 0.247 e. The molecule has 0 saturated carbocycles. The number of fused-ring (bicyclic) bond motifs is 2. The van der Waals surface area contributed by atoms with E-state index in [0.717, 1.165) is 11.1 Å². The number of rotatable bonds is 3. The van der Waals surface area contributed by atoms with Crippen LogP contribution in [0.15, 0.2) is 43.0 Å². The van der Waals surface area contributed by atoms with Crippen LogP contribution in [0.3, 0.4) is 0 Å². The summed E-state index contributed by atoms with van der Waals surface area (Å²) in [4.78, 5) is 8.91. The number of benzene rings is 1. The van der Waals surface area contributed by atoms with Crippen LogP contribution in [0.4, 0.5) is 17.3 Å². The number of anilines is 3. The molecule has 1 aliphatic heterocycles. The van der Waals surface area contributed by atoms with Gasteiger partial charge in [0.15, 0.2) is 5.65 Å². The van der Waals surface area contributed by atoms with Gasteiger partial charge in [-0.3, -0.25) is 14.4 Å². The van der Waals surface area contributed by atoms with Gasteiger partial charge in [0, 0.05) is 36.9 Å². The molecule has 0 bridgehead atoms. The van der Waals surface area contributed by atoms with Crippen LogP contribution in [0.2, 0.25) is 0 Å². The van der Waals surface area contributed by atoms with E-state index in [2.05, 4.69) is 30.2 Å². The summed E-state index contributed by atoms with van der Waals surface area (Å²) in [6, 6.07) is 5.30. The summed E-state index contributed by atoms with van der Waals surface area (Å²) >= 11 is 0. The first kappa shape index (κ1) is 15.8. The highest BCUT2D eigenvalue weighted by Gasteiger charge is 2.23. The summed E-state index contributed by atoms with van der Waals surface area (Å²) in [5.41, 5.74) is 4.11. The van der Waals surface area contributed by atoms with Gasteiger partial charge in [-0.1, -0.05) is 6.07 Å². The van der Waals surface area contributed by atoms with Crippen LogP contribution in [-0.2, 0) is 22.8 Å². The third-order valence-electron chi connectivity index (χ3n) is 4.21. The lowest BCUT2D eigenvalue weighted by molar-refractivity contribution is 0.602. The largest absolute Gasteiger partial charge is 0.323 e. The molecule has 0 unspecified atom stereocenters. The Morgan fingerprint density at radius 2 is 2.19 bits per heavy atom. The molecule has 136 valence electrons. The van der Waals surface area contributed by atoms with Gasteiger partial charge in [0.2, 0.25) is 16.0 Å². The van der Waals surface area contributed by atoms with Crippen molar-refractivity contribution in [3.8, 4) is 11.3 Å². The maximum atomic E-state index is 11.7. The van der Waals surface area contributed by atoms with Crippen LogP contribution in [0.25, 0.3) is 16.9 Å². The fraction of sp³-hybridized carbons (Fsp3) is 0.125. The molecule has 10 nitrogen and oxygen atoms in total. The number of sulfonamides is 1. The summed E-state index contributed by atoms with van der Waals surface area (Å²) < 4.78 is 29.2. The second-order valence-electron chi connectivity index (χ2n) is 6.24. The van der Waals surface area contributed by atoms with Gasteiger partial charge in [-0.25, -0.2) is 12.9 Å². The van der Waals surface area contributed by atoms with Gasteiger partial charge >= 0.3 is 0 Å². The summed E-state index contributed by atoms with van der Waals surface area (Å²) in [7, 11) is -1.44. The van der Waals surface area contributed by atoms with E-state index >= 15 is 0 Å². The van der Waals surface area contributed by atoms with Crippen LogP contribution in [0, 0.1) is 0 Å². The third-order valence-corrected chi connectivity index (χ3v) is 5.43. The number of nitrogens with zero attached hydrogens (tertiary/aromatic N) is 6. The zero-order valence-electron chi connectivity index (χ0n) is 14.2. The van der Waals surface area contributed by atoms with Gasteiger partial charge in [0.25, 0.3) is 0 Å². The Balaban J connectivity index is 1.50. The Hall–Kier alpha value is -3.47. The quantitative estimate of drug-likeness (QED) is 0.551. The highest BCUT2D eigenvalue weighted by atomic mass is 32.2. The van der Waals surface area contributed by atoms with Gasteiger partial charge in [0.05, 0.1) is 17.6 Å². The Kier molecular flexibility index (Phi) is 3.22. The van der Waals surface area contributed by atoms with E-state index < -0.39 is 10.0 Å². The van der Waals surface area contributed by atoms with E-state index in [4.69, 9.17) is 0 Å². The molecule has 4 heterocycles. The average molecular weight is 382 g/mol. The van der Waals surface area contributed by atoms with Gasteiger partial charge in [-0.2, -0.15) is 10.1 Å². The number of aromatic nitrogens is 6. The van der Waals surface area contributed by atoms with Crippen molar-refractivity contribution in [3.63, 3.8) is 0 Å².